The summed E-state index contributed by atoms with van der Waals surface area (Å²) in [6.07, 6.45) is 26.6. The highest BCUT2D eigenvalue weighted by Gasteiger charge is 2.68. The Bertz CT molecular complexity index is 1890. The monoisotopic (exact) mass is 721 g/mol. The van der Waals surface area contributed by atoms with Crippen LogP contribution >= 0.6 is 0 Å². The highest BCUT2D eigenvalue weighted by molar-refractivity contribution is 5.92. The van der Waals surface area contributed by atoms with Crippen LogP contribution in [-0.2, 0) is 25.5 Å². The summed E-state index contributed by atoms with van der Waals surface area (Å²) < 4.78 is 11.3. The molecule has 1 N–H and O–H groups in total. The van der Waals surface area contributed by atoms with Crippen LogP contribution in [0.2, 0.25) is 0 Å². The molecule has 1 heterocycles. The number of ether oxygens (including phenoxy) is 1. The number of rotatable bonds is 2. The van der Waals surface area contributed by atoms with Gasteiger partial charge in [0.25, 0.3) is 0 Å². The first-order valence-electron chi connectivity index (χ1n) is 20.5. The number of carbonyl (C=O) groups is 3. The summed E-state index contributed by atoms with van der Waals surface area (Å²) in [5, 5.41) is 15.1. The molecule has 9 rings (SSSR count). The van der Waals surface area contributed by atoms with E-state index >= 15 is 0 Å². The number of carbonyl (C=O) groups excluding carboxylic acids is 3. The molecule has 0 bridgehead atoms. The van der Waals surface area contributed by atoms with E-state index < -0.39 is 11.2 Å². The van der Waals surface area contributed by atoms with Gasteiger partial charge in [-0.1, -0.05) is 56.0 Å². The summed E-state index contributed by atoms with van der Waals surface area (Å²) in [6, 6.07) is 0. The van der Waals surface area contributed by atoms with Crippen molar-refractivity contribution in [2.45, 2.75) is 143 Å². The van der Waals surface area contributed by atoms with Gasteiger partial charge in [0.2, 0.25) is 0 Å². The van der Waals surface area contributed by atoms with Crippen molar-refractivity contribution >= 4 is 23.6 Å². The van der Waals surface area contributed by atoms with E-state index in [2.05, 4.69) is 57.8 Å². The summed E-state index contributed by atoms with van der Waals surface area (Å²) in [4.78, 5) is 36.8. The van der Waals surface area contributed by atoms with E-state index in [1.807, 2.05) is 12.3 Å². The molecule has 0 aliphatic heterocycles. The first kappa shape index (κ1) is 36.7. The van der Waals surface area contributed by atoms with Crippen molar-refractivity contribution in [2.24, 2.45) is 57.2 Å². The number of aromatic nitrogens is 1. The molecule has 53 heavy (non-hydrogen) atoms. The molecule has 0 aromatic carbocycles. The van der Waals surface area contributed by atoms with Gasteiger partial charge in [0, 0.05) is 29.7 Å². The molecule has 8 aliphatic carbocycles. The number of ketones is 2. The number of esters is 1. The molecule has 12 unspecified atom stereocenters. The number of nitrogens with zero attached hydrogens (tertiary/aromatic N) is 1. The van der Waals surface area contributed by atoms with Gasteiger partial charge in [-0.15, -0.1) is 6.42 Å². The van der Waals surface area contributed by atoms with Gasteiger partial charge in [0.15, 0.2) is 22.9 Å². The van der Waals surface area contributed by atoms with Crippen LogP contribution in [-0.4, -0.2) is 39.0 Å². The molecule has 7 heteroatoms. The van der Waals surface area contributed by atoms with Gasteiger partial charge < -0.3 is 14.4 Å². The molecule has 5 saturated carbocycles. The van der Waals surface area contributed by atoms with E-state index in [1.54, 1.807) is 12.5 Å². The van der Waals surface area contributed by atoms with Gasteiger partial charge in [0.1, 0.15) is 5.60 Å². The third-order valence-corrected chi connectivity index (χ3v) is 17.5. The zero-order chi connectivity index (χ0) is 37.9. The van der Waals surface area contributed by atoms with Crippen molar-refractivity contribution in [1.29, 1.82) is 0 Å². The number of allylic oxidation sites excluding steroid dienone is 5. The second-order valence-electron chi connectivity index (χ2n) is 19.4. The first-order chi connectivity index (χ1) is 25.0. The molecule has 8 aliphatic rings. The number of hydrogen-bond donors (Lipinski definition) is 1. The lowest BCUT2D eigenvalue weighted by atomic mass is 9.46. The number of fused-ring (bicyclic) bond motifs is 11. The normalized spacial score (nSPS) is 46.1. The van der Waals surface area contributed by atoms with E-state index in [9.17, 15) is 19.5 Å². The van der Waals surface area contributed by atoms with Crippen LogP contribution in [0.4, 0.5) is 0 Å². The summed E-state index contributed by atoms with van der Waals surface area (Å²) >= 11 is 0. The molecule has 12 atom stereocenters. The van der Waals surface area contributed by atoms with Gasteiger partial charge in [-0.2, -0.15) is 0 Å². The zero-order valence-electron chi connectivity index (χ0n) is 33.0. The summed E-state index contributed by atoms with van der Waals surface area (Å²) in [6.45, 7) is 14.3. The molecular formula is C46H59NO6. The Balaban J connectivity index is 0.000000152. The molecule has 1 aromatic rings. The van der Waals surface area contributed by atoms with Crippen molar-refractivity contribution in [3.8, 4) is 12.3 Å². The van der Waals surface area contributed by atoms with Crippen molar-refractivity contribution in [3.63, 3.8) is 0 Å². The maximum absolute atomic E-state index is 12.8. The average Bonchev–Trinajstić information content (AvgIpc) is 3.76. The lowest BCUT2D eigenvalue weighted by Gasteiger charge is -2.58. The van der Waals surface area contributed by atoms with E-state index in [-0.39, 0.29) is 39.2 Å². The Hall–Kier alpha value is -3.24. The summed E-state index contributed by atoms with van der Waals surface area (Å²) in [5.41, 5.74) is 3.14. The van der Waals surface area contributed by atoms with Crippen LogP contribution in [0.3, 0.4) is 0 Å². The van der Waals surface area contributed by atoms with Crippen LogP contribution in [0, 0.1) is 69.5 Å². The van der Waals surface area contributed by atoms with Gasteiger partial charge in [-0.3, -0.25) is 14.4 Å². The van der Waals surface area contributed by atoms with E-state index in [0.717, 1.165) is 70.0 Å². The lowest BCUT2D eigenvalue weighted by molar-refractivity contribution is -0.185. The van der Waals surface area contributed by atoms with Crippen LogP contribution in [0.5, 0.6) is 0 Å². The van der Waals surface area contributed by atoms with Gasteiger partial charge in [-0.25, -0.2) is 0 Å². The molecular weight excluding hydrogens is 663 g/mol. The molecule has 0 amide bonds. The minimum absolute atomic E-state index is 0.0160. The molecule has 5 fully saturated rings. The lowest BCUT2D eigenvalue weighted by Crippen LogP contribution is -2.58. The minimum Gasteiger partial charge on any atom is -0.451 e. The molecule has 0 radical (unpaired) electrons. The highest BCUT2D eigenvalue weighted by Crippen LogP contribution is 2.69. The fourth-order valence-corrected chi connectivity index (χ4v) is 14.6. The quantitative estimate of drug-likeness (QED) is 0.240. The standard InChI is InChI=1S/C24H32O4.C22H27NO2/c1-14-12-18-19(22(4)9-6-17(27)13-21(14)22)7-10-23(5)20(18)8-11-24(23,15(2)25)28-16(3)26;1-4-22(24)10-8-18-16-6-5-15-11-19-14(13-23-25-19)12-20(15,2)17(16)7-9-21(18,22)3/h12-13,18-20H,6-11H2,1-5H3;1,11,13,16-18,24H,5-10,12H2,2-3H3. The Morgan fingerprint density at radius 2 is 1.58 bits per heavy atom. The average molecular weight is 722 g/mol. The Labute approximate surface area is 315 Å². The maximum atomic E-state index is 12.8. The number of terminal acetylenes is 1. The van der Waals surface area contributed by atoms with Crippen molar-refractivity contribution < 1.29 is 28.8 Å². The van der Waals surface area contributed by atoms with Crippen LogP contribution in [0.25, 0.3) is 6.08 Å². The van der Waals surface area contributed by atoms with Crippen LogP contribution < -0.4 is 0 Å². The predicted molar refractivity (Wildman–Crippen MR) is 203 cm³/mol. The second kappa shape index (κ2) is 12.1. The van der Waals surface area contributed by atoms with E-state index in [1.165, 1.54) is 30.1 Å². The molecule has 7 nitrogen and oxygen atoms in total. The Morgan fingerprint density at radius 1 is 0.887 bits per heavy atom. The predicted octanol–water partition coefficient (Wildman–Crippen LogP) is 8.80. The fraction of sp³-hybridized carbons (Fsp3) is 0.696. The number of Topliss-reactive ketones (excluding diaryl/α,β-unsaturated/α-hetero) is 1. The van der Waals surface area contributed by atoms with Crippen molar-refractivity contribution in [3.05, 3.63) is 46.4 Å². The SMILES string of the molecule is C#CC1(O)CCC2C3CCC4=Cc5oncc5CC4(C)C3CCC21C.CC(=O)OC1(C(C)=O)CCC2C3C=C(C)C4=CC(=O)CCC4(C)C3CCC21C. The van der Waals surface area contributed by atoms with Crippen molar-refractivity contribution in [1.82, 2.24) is 5.16 Å². The Morgan fingerprint density at radius 3 is 2.30 bits per heavy atom. The summed E-state index contributed by atoms with van der Waals surface area (Å²) in [7, 11) is 0. The van der Waals surface area contributed by atoms with Crippen LogP contribution in [0.15, 0.2) is 39.6 Å². The molecule has 0 saturated heterocycles. The van der Waals surface area contributed by atoms with E-state index in [0.29, 0.717) is 48.3 Å². The van der Waals surface area contributed by atoms with Gasteiger partial charge >= 0.3 is 5.97 Å². The third-order valence-electron chi connectivity index (χ3n) is 17.5. The molecule has 1 aromatic heterocycles. The second-order valence-corrected chi connectivity index (χ2v) is 19.4. The first-order valence-corrected chi connectivity index (χ1v) is 20.5. The smallest absolute Gasteiger partial charge is 0.303 e. The highest BCUT2D eigenvalue weighted by atomic mass is 16.6. The largest absolute Gasteiger partial charge is 0.451 e. The minimum atomic E-state index is -0.990. The maximum Gasteiger partial charge on any atom is 0.303 e. The van der Waals surface area contributed by atoms with Gasteiger partial charge in [0.05, 0.1) is 6.20 Å². The van der Waals surface area contributed by atoms with Crippen molar-refractivity contribution in [2.75, 3.05) is 0 Å². The number of hydrogen-bond acceptors (Lipinski definition) is 7. The van der Waals surface area contributed by atoms with Gasteiger partial charge in [-0.05, 0) is 155 Å². The Kier molecular flexibility index (Phi) is 8.40. The topological polar surface area (TPSA) is 107 Å². The molecule has 0 spiro atoms. The van der Waals surface area contributed by atoms with E-state index in [4.69, 9.17) is 15.7 Å². The summed E-state index contributed by atoms with van der Waals surface area (Å²) in [5.74, 6) is 6.67. The molecule has 284 valence electrons. The van der Waals surface area contributed by atoms with Crippen LogP contribution in [0.1, 0.15) is 137 Å². The third kappa shape index (κ3) is 4.95. The zero-order valence-corrected chi connectivity index (χ0v) is 33.0. The number of aliphatic hydroxyl groups is 1. The fourth-order valence-electron chi connectivity index (χ4n) is 14.6.